The Hall–Kier alpha value is -0.670. The van der Waals surface area contributed by atoms with E-state index in [2.05, 4.69) is 29.0 Å². The number of pyridine rings is 1. The van der Waals surface area contributed by atoms with E-state index < -0.39 is 0 Å². The molecule has 3 nitrogen and oxygen atoms in total. The van der Waals surface area contributed by atoms with Crippen LogP contribution in [-0.4, -0.2) is 24.1 Å². The van der Waals surface area contributed by atoms with Crippen molar-refractivity contribution in [2.75, 3.05) is 23.3 Å². The molecule has 1 aromatic rings. The highest BCUT2D eigenvalue weighted by Gasteiger charge is 2.31. The zero-order valence-electron chi connectivity index (χ0n) is 12.3. The average molecular weight is 316 g/mol. The molecule has 112 valence electrons. The fourth-order valence-corrected chi connectivity index (χ4v) is 2.74. The Labute approximate surface area is 131 Å². The maximum absolute atomic E-state index is 6.36. The van der Waals surface area contributed by atoms with Gasteiger partial charge in [0.2, 0.25) is 0 Å². The first-order valence-electron chi connectivity index (χ1n) is 7.53. The lowest BCUT2D eigenvalue weighted by Gasteiger charge is -2.25. The summed E-state index contributed by atoms with van der Waals surface area (Å²) in [6.45, 7) is 6.21. The minimum Gasteiger partial charge on any atom is -0.369 e. The molecule has 0 aromatic carbocycles. The highest BCUT2D eigenvalue weighted by atomic mass is 35.5. The number of unbranched alkanes of at least 4 members (excludes halogenated alkanes) is 1. The van der Waals surface area contributed by atoms with Crippen LogP contribution in [0.15, 0.2) is 6.07 Å². The number of nitrogens with one attached hydrogen (secondary N) is 1. The van der Waals surface area contributed by atoms with Crippen molar-refractivity contribution < 1.29 is 0 Å². The zero-order valence-corrected chi connectivity index (χ0v) is 13.8. The van der Waals surface area contributed by atoms with Crippen molar-refractivity contribution in [3.63, 3.8) is 0 Å². The van der Waals surface area contributed by atoms with Crippen LogP contribution in [0.2, 0.25) is 10.0 Å². The molecule has 0 unspecified atom stereocenters. The van der Waals surface area contributed by atoms with Crippen LogP contribution < -0.4 is 10.2 Å². The molecule has 1 N–H and O–H groups in total. The molecule has 1 heterocycles. The molecule has 0 amide bonds. The van der Waals surface area contributed by atoms with Gasteiger partial charge in [0.15, 0.2) is 0 Å². The van der Waals surface area contributed by atoms with Gasteiger partial charge in [-0.05, 0) is 31.7 Å². The predicted molar refractivity (Wildman–Crippen MR) is 88.3 cm³/mol. The zero-order chi connectivity index (χ0) is 14.5. The highest BCUT2D eigenvalue weighted by molar-refractivity contribution is 6.37. The van der Waals surface area contributed by atoms with Gasteiger partial charge in [0, 0.05) is 19.1 Å². The number of nitrogens with zero attached hydrogens (tertiary/aromatic N) is 2. The Bertz CT molecular complexity index is 447. The van der Waals surface area contributed by atoms with Gasteiger partial charge in [-0.15, -0.1) is 0 Å². The van der Waals surface area contributed by atoms with Crippen molar-refractivity contribution in [3.05, 3.63) is 16.1 Å². The molecule has 5 heteroatoms. The van der Waals surface area contributed by atoms with Gasteiger partial charge in [-0.25, -0.2) is 4.98 Å². The van der Waals surface area contributed by atoms with Crippen LogP contribution in [0.3, 0.4) is 0 Å². The molecule has 1 fully saturated rings. The van der Waals surface area contributed by atoms with E-state index >= 15 is 0 Å². The van der Waals surface area contributed by atoms with E-state index in [4.69, 9.17) is 23.2 Å². The Morgan fingerprint density at radius 1 is 1.25 bits per heavy atom. The van der Waals surface area contributed by atoms with Crippen LogP contribution in [0, 0.1) is 0 Å². The number of rotatable bonds is 8. The number of hydrogen-bond acceptors (Lipinski definition) is 3. The lowest BCUT2D eigenvalue weighted by Crippen LogP contribution is -2.28. The monoisotopic (exact) mass is 315 g/mol. The van der Waals surface area contributed by atoms with Crippen molar-refractivity contribution >= 4 is 34.8 Å². The molecule has 20 heavy (non-hydrogen) atoms. The van der Waals surface area contributed by atoms with Crippen LogP contribution in [-0.2, 0) is 0 Å². The topological polar surface area (TPSA) is 28.2 Å². The molecular weight excluding hydrogens is 293 g/mol. The Morgan fingerprint density at radius 3 is 2.60 bits per heavy atom. The van der Waals surface area contributed by atoms with E-state index in [-0.39, 0.29) is 0 Å². The first-order valence-corrected chi connectivity index (χ1v) is 8.29. The molecule has 1 aliphatic rings. The summed E-state index contributed by atoms with van der Waals surface area (Å²) in [4.78, 5) is 7.02. The smallest absolute Gasteiger partial charge is 0.150 e. The standard InChI is InChI=1S/C15H23Cl2N3/c1-3-5-9-20(11-6-7-11)15-13(17)10-12(16)14(19-15)18-8-4-2/h10-11H,3-9H2,1-2H3,(H,18,19). The van der Waals surface area contributed by atoms with Gasteiger partial charge < -0.3 is 10.2 Å². The molecule has 1 aliphatic carbocycles. The molecule has 0 bridgehead atoms. The number of anilines is 2. The normalized spacial score (nSPS) is 14.4. The van der Waals surface area contributed by atoms with Gasteiger partial charge in [0.05, 0.1) is 10.0 Å². The maximum atomic E-state index is 6.36. The molecule has 0 saturated heterocycles. The third-order valence-electron chi connectivity index (χ3n) is 3.47. The van der Waals surface area contributed by atoms with Gasteiger partial charge in [0.25, 0.3) is 0 Å². The van der Waals surface area contributed by atoms with Crippen LogP contribution in [0.25, 0.3) is 0 Å². The van der Waals surface area contributed by atoms with Crippen LogP contribution in [0.1, 0.15) is 46.0 Å². The lowest BCUT2D eigenvalue weighted by atomic mass is 10.3. The minimum absolute atomic E-state index is 0.596. The first-order chi connectivity index (χ1) is 9.67. The van der Waals surface area contributed by atoms with E-state index in [0.29, 0.717) is 16.1 Å². The van der Waals surface area contributed by atoms with E-state index in [1.165, 1.54) is 19.3 Å². The largest absolute Gasteiger partial charge is 0.369 e. The third kappa shape index (κ3) is 3.92. The summed E-state index contributed by atoms with van der Waals surface area (Å²) in [5.74, 6) is 1.63. The lowest BCUT2D eigenvalue weighted by molar-refractivity contribution is 0.705. The molecule has 1 aromatic heterocycles. The van der Waals surface area contributed by atoms with Gasteiger partial charge in [-0.1, -0.05) is 43.5 Å². The summed E-state index contributed by atoms with van der Waals surface area (Å²) < 4.78 is 0. The van der Waals surface area contributed by atoms with Gasteiger partial charge in [-0.3, -0.25) is 0 Å². The molecule has 0 spiro atoms. The van der Waals surface area contributed by atoms with Crippen LogP contribution in [0.4, 0.5) is 11.6 Å². The second-order valence-corrected chi connectivity index (χ2v) is 6.14. The fourth-order valence-electron chi connectivity index (χ4n) is 2.20. The van der Waals surface area contributed by atoms with E-state index in [9.17, 15) is 0 Å². The number of aromatic nitrogens is 1. The molecule has 0 atom stereocenters. The van der Waals surface area contributed by atoms with Crippen LogP contribution in [0.5, 0.6) is 0 Å². The molecule has 0 radical (unpaired) electrons. The number of hydrogen-bond donors (Lipinski definition) is 1. The van der Waals surface area contributed by atoms with Crippen molar-refractivity contribution in [1.82, 2.24) is 4.98 Å². The van der Waals surface area contributed by atoms with Crippen molar-refractivity contribution in [3.8, 4) is 0 Å². The highest BCUT2D eigenvalue weighted by Crippen LogP contribution is 2.37. The second-order valence-electron chi connectivity index (χ2n) is 5.33. The van der Waals surface area contributed by atoms with Crippen molar-refractivity contribution in [2.45, 2.75) is 52.0 Å². The second kappa shape index (κ2) is 7.37. The van der Waals surface area contributed by atoms with Crippen molar-refractivity contribution in [1.29, 1.82) is 0 Å². The summed E-state index contributed by atoms with van der Waals surface area (Å²) in [5.41, 5.74) is 0. The molecule has 1 saturated carbocycles. The SMILES string of the molecule is CCCCN(c1nc(NCCC)c(Cl)cc1Cl)C1CC1. The van der Waals surface area contributed by atoms with Gasteiger partial charge >= 0.3 is 0 Å². The van der Waals surface area contributed by atoms with E-state index in [0.717, 1.165) is 37.6 Å². The molecule has 0 aliphatic heterocycles. The predicted octanol–water partition coefficient (Wildman–Crippen LogP) is 4.98. The summed E-state index contributed by atoms with van der Waals surface area (Å²) in [7, 11) is 0. The van der Waals surface area contributed by atoms with Crippen LogP contribution >= 0.6 is 23.2 Å². The Balaban J connectivity index is 2.23. The van der Waals surface area contributed by atoms with E-state index in [1.54, 1.807) is 0 Å². The van der Waals surface area contributed by atoms with Crippen molar-refractivity contribution in [2.24, 2.45) is 0 Å². The Morgan fingerprint density at radius 2 is 2.00 bits per heavy atom. The summed E-state index contributed by atoms with van der Waals surface area (Å²) in [6, 6.07) is 2.41. The Kier molecular flexibility index (Phi) is 5.79. The fraction of sp³-hybridized carbons (Fsp3) is 0.667. The first kappa shape index (κ1) is 15.7. The molecule has 2 rings (SSSR count). The van der Waals surface area contributed by atoms with Gasteiger partial charge in [-0.2, -0.15) is 0 Å². The summed E-state index contributed by atoms with van der Waals surface area (Å²) in [6.07, 6.45) is 5.85. The average Bonchev–Trinajstić information content (AvgIpc) is 3.24. The van der Waals surface area contributed by atoms with Gasteiger partial charge in [0.1, 0.15) is 11.6 Å². The quantitative estimate of drug-likeness (QED) is 0.733. The van der Waals surface area contributed by atoms with E-state index in [1.807, 2.05) is 6.07 Å². The third-order valence-corrected chi connectivity index (χ3v) is 4.03. The summed E-state index contributed by atoms with van der Waals surface area (Å²) in [5, 5.41) is 4.52. The minimum atomic E-state index is 0.596. The maximum Gasteiger partial charge on any atom is 0.150 e. The molecular formula is C15H23Cl2N3. The summed E-state index contributed by atoms with van der Waals surface area (Å²) >= 11 is 12.6. The number of halogens is 2.